The molecular formula is C20H27N5O3S. The largest absolute Gasteiger partial charge is 0.444 e. The van der Waals surface area contributed by atoms with Gasteiger partial charge in [-0.05, 0) is 39.8 Å². The second kappa shape index (κ2) is 8.33. The Morgan fingerprint density at radius 2 is 2.00 bits per heavy atom. The minimum absolute atomic E-state index is 0. The number of aromatic nitrogens is 2. The zero-order valence-electron chi connectivity index (χ0n) is 17.4. The number of fused-ring (bicyclic) bond motifs is 1. The molecule has 3 rings (SSSR count). The number of hydrogen-bond donors (Lipinski definition) is 0. The smallest absolute Gasteiger partial charge is 0.410 e. The van der Waals surface area contributed by atoms with Crippen molar-refractivity contribution in [2.75, 3.05) is 24.5 Å². The van der Waals surface area contributed by atoms with Crippen LogP contribution < -0.4 is 10.5 Å². The summed E-state index contributed by atoms with van der Waals surface area (Å²) < 4.78 is 7.00. The lowest BCUT2D eigenvalue weighted by Gasteiger charge is -2.41. The lowest BCUT2D eigenvalue weighted by Crippen LogP contribution is -2.54. The van der Waals surface area contributed by atoms with Crippen molar-refractivity contribution < 1.29 is 9.53 Å². The molecule has 0 radical (unpaired) electrons. The van der Waals surface area contributed by atoms with Gasteiger partial charge in [0.25, 0.3) is 11.4 Å². The Morgan fingerprint density at radius 3 is 2.59 bits per heavy atom. The third kappa shape index (κ3) is 4.65. The highest BCUT2D eigenvalue weighted by atomic mass is 32.1. The molecule has 1 aliphatic rings. The summed E-state index contributed by atoms with van der Waals surface area (Å²) in [6.45, 7) is 16.3. The number of carbonyl (C=O) groups excluding carboxylic acids is 1. The van der Waals surface area contributed by atoms with Crippen LogP contribution in [0.3, 0.4) is 0 Å². The topological polar surface area (TPSA) is 72.0 Å². The number of ether oxygens (including phenoxy) is 1. The Morgan fingerprint density at radius 1 is 1.31 bits per heavy atom. The second-order valence-corrected chi connectivity index (χ2v) is 8.04. The minimum Gasteiger partial charge on any atom is -0.444 e. The summed E-state index contributed by atoms with van der Waals surface area (Å²) in [6.07, 6.45) is -0.332. The summed E-state index contributed by atoms with van der Waals surface area (Å²) in [7, 11) is 1.69. The Bertz CT molecular complexity index is 1020. The molecule has 3 heterocycles. The third-order valence-electron chi connectivity index (χ3n) is 4.76. The second-order valence-electron chi connectivity index (χ2n) is 8.04. The van der Waals surface area contributed by atoms with Crippen LogP contribution >= 0.6 is 13.5 Å². The molecule has 156 valence electrons. The van der Waals surface area contributed by atoms with Crippen molar-refractivity contribution in [3.63, 3.8) is 0 Å². The Hall–Kier alpha value is -2.73. The van der Waals surface area contributed by atoms with E-state index in [1.807, 2.05) is 27.7 Å². The maximum Gasteiger partial charge on any atom is 0.410 e. The Kier molecular flexibility index (Phi) is 6.48. The van der Waals surface area contributed by atoms with Gasteiger partial charge < -0.3 is 23.9 Å². The molecule has 1 atom stereocenters. The molecule has 0 unspecified atom stereocenters. The summed E-state index contributed by atoms with van der Waals surface area (Å²) in [6, 6.07) is 4.89. The first-order valence-corrected chi connectivity index (χ1v) is 9.23. The van der Waals surface area contributed by atoms with Gasteiger partial charge in [0.2, 0.25) is 5.52 Å². The number of carbonyl (C=O) groups is 1. The van der Waals surface area contributed by atoms with E-state index >= 15 is 0 Å². The van der Waals surface area contributed by atoms with Crippen LogP contribution in [0.2, 0.25) is 0 Å². The van der Waals surface area contributed by atoms with Crippen LogP contribution in [-0.2, 0) is 11.8 Å². The van der Waals surface area contributed by atoms with Crippen LogP contribution in [0.25, 0.3) is 15.9 Å². The van der Waals surface area contributed by atoms with E-state index in [9.17, 15) is 9.59 Å². The van der Waals surface area contributed by atoms with E-state index in [0.29, 0.717) is 36.4 Å². The Balaban J connectivity index is 0.00000300. The van der Waals surface area contributed by atoms with E-state index < -0.39 is 5.60 Å². The van der Waals surface area contributed by atoms with Crippen LogP contribution in [-0.4, -0.2) is 51.8 Å². The quantitative estimate of drug-likeness (QED) is 0.667. The molecule has 0 N–H and O–H groups in total. The fourth-order valence-corrected chi connectivity index (χ4v) is 3.39. The zero-order valence-corrected chi connectivity index (χ0v) is 18.4. The molecule has 8 nitrogen and oxygen atoms in total. The number of nitrogens with zero attached hydrogens (tertiary/aromatic N) is 5. The molecule has 2 aromatic heterocycles. The van der Waals surface area contributed by atoms with Crippen molar-refractivity contribution in [1.82, 2.24) is 14.5 Å². The van der Waals surface area contributed by atoms with Crippen LogP contribution in [0.1, 0.15) is 27.7 Å². The summed E-state index contributed by atoms with van der Waals surface area (Å²) in [4.78, 5) is 36.5. The molecule has 1 fully saturated rings. The summed E-state index contributed by atoms with van der Waals surface area (Å²) in [5.74, 6) is 0.285. The molecule has 0 bridgehead atoms. The van der Waals surface area contributed by atoms with Crippen LogP contribution in [0.4, 0.5) is 16.3 Å². The van der Waals surface area contributed by atoms with Gasteiger partial charge in [-0.15, -0.1) is 4.98 Å². The normalized spacial score (nSPS) is 16.9. The van der Waals surface area contributed by atoms with Gasteiger partial charge in [0, 0.05) is 38.8 Å². The van der Waals surface area contributed by atoms with E-state index in [1.54, 1.807) is 30.1 Å². The van der Waals surface area contributed by atoms with E-state index in [1.165, 1.54) is 4.57 Å². The van der Waals surface area contributed by atoms with E-state index in [0.717, 1.165) is 0 Å². The van der Waals surface area contributed by atoms with Crippen LogP contribution in [0, 0.1) is 6.57 Å². The van der Waals surface area contributed by atoms with Crippen molar-refractivity contribution in [3.05, 3.63) is 40.0 Å². The standard InChI is InChI=1S/C20H25N5O3.H2S/c1-13-12-24(19(27)28-20(2,3)4)9-10-25(13)15-11-17(26)23(6)14-7-8-16(21-5)22-18(14)15;/h7-8,11,13H,9-10,12H2,1-4,6H3;1H2/t13-;/m0./s1. The molecular weight excluding hydrogens is 390 g/mol. The monoisotopic (exact) mass is 417 g/mol. The van der Waals surface area contributed by atoms with Crippen molar-refractivity contribution in [2.24, 2.45) is 7.05 Å². The number of anilines is 1. The molecule has 1 aliphatic heterocycles. The molecule has 9 heteroatoms. The summed E-state index contributed by atoms with van der Waals surface area (Å²) >= 11 is 0. The predicted octanol–water partition coefficient (Wildman–Crippen LogP) is 3.04. The molecule has 1 saturated heterocycles. The Labute approximate surface area is 177 Å². The van der Waals surface area contributed by atoms with Crippen LogP contribution in [0.15, 0.2) is 23.0 Å². The SMILES string of the molecule is S.[C-]#[N+]c1ccc2c(n1)c(N1CCN(C(=O)OC(C)(C)C)C[C@@H]1C)cc(=O)n2C. The first kappa shape index (κ1) is 22.6. The maximum atomic E-state index is 12.5. The van der Waals surface area contributed by atoms with Crippen molar-refractivity contribution in [3.8, 4) is 0 Å². The van der Waals surface area contributed by atoms with Gasteiger partial charge in [0.1, 0.15) is 5.60 Å². The number of hydrogen-bond acceptors (Lipinski definition) is 5. The van der Waals surface area contributed by atoms with Gasteiger partial charge in [-0.3, -0.25) is 4.79 Å². The van der Waals surface area contributed by atoms with Gasteiger partial charge in [0.05, 0.1) is 11.2 Å². The molecule has 29 heavy (non-hydrogen) atoms. The zero-order chi connectivity index (χ0) is 20.6. The molecule has 0 spiro atoms. The maximum absolute atomic E-state index is 12.5. The molecule has 1 amide bonds. The summed E-state index contributed by atoms with van der Waals surface area (Å²) in [5, 5.41) is 0. The third-order valence-corrected chi connectivity index (χ3v) is 4.76. The average Bonchev–Trinajstić information content (AvgIpc) is 2.63. The highest BCUT2D eigenvalue weighted by Gasteiger charge is 2.31. The number of amides is 1. The highest BCUT2D eigenvalue weighted by molar-refractivity contribution is 7.59. The summed E-state index contributed by atoms with van der Waals surface area (Å²) in [5.41, 5.74) is 1.31. The van der Waals surface area contributed by atoms with Gasteiger partial charge >= 0.3 is 6.09 Å². The molecule has 0 aliphatic carbocycles. The van der Waals surface area contributed by atoms with Gasteiger partial charge in [-0.25, -0.2) is 4.79 Å². The lowest BCUT2D eigenvalue weighted by molar-refractivity contribution is 0.0219. The highest BCUT2D eigenvalue weighted by Crippen LogP contribution is 2.28. The predicted molar refractivity (Wildman–Crippen MR) is 118 cm³/mol. The molecule has 0 saturated carbocycles. The van der Waals surface area contributed by atoms with Gasteiger partial charge in [-0.2, -0.15) is 13.5 Å². The molecule has 0 aromatic carbocycles. The van der Waals surface area contributed by atoms with Gasteiger partial charge in [-0.1, -0.05) is 6.57 Å². The number of pyridine rings is 2. The first-order chi connectivity index (χ1) is 13.1. The van der Waals surface area contributed by atoms with E-state index in [2.05, 4.69) is 14.7 Å². The fraction of sp³-hybridized carbons (Fsp3) is 0.500. The van der Waals surface area contributed by atoms with Gasteiger partial charge in [0.15, 0.2) is 0 Å². The average molecular weight is 418 g/mol. The van der Waals surface area contributed by atoms with E-state index in [-0.39, 0.29) is 37.0 Å². The lowest BCUT2D eigenvalue weighted by atomic mass is 10.1. The fourth-order valence-electron chi connectivity index (χ4n) is 3.39. The van der Waals surface area contributed by atoms with Crippen molar-refractivity contribution in [1.29, 1.82) is 0 Å². The number of piperazine rings is 1. The molecule has 2 aromatic rings. The minimum atomic E-state index is -0.542. The van der Waals surface area contributed by atoms with E-state index in [4.69, 9.17) is 11.3 Å². The number of rotatable bonds is 1. The number of aryl methyl sites for hydroxylation is 1. The van der Waals surface area contributed by atoms with Crippen molar-refractivity contribution in [2.45, 2.75) is 39.3 Å². The van der Waals surface area contributed by atoms with Crippen molar-refractivity contribution >= 4 is 42.1 Å². The van der Waals surface area contributed by atoms with Crippen LogP contribution in [0.5, 0.6) is 0 Å². The first-order valence-electron chi connectivity index (χ1n) is 9.23.